The van der Waals surface area contributed by atoms with E-state index in [0.717, 1.165) is 44.5 Å². The van der Waals surface area contributed by atoms with Crippen LogP contribution in [-0.2, 0) is 0 Å². The number of aliphatic imine (C=N–C) groups is 1. The Morgan fingerprint density at radius 1 is 0.903 bits per heavy atom. The van der Waals surface area contributed by atoms with E-state index in [4.69, 9.17) is 17.1 Å². The van der Waals surface area contributed by atoms with E-state index >= 15 is 0 Å². The predicted octanol–water partition coefficient (Wildman–Crippen LogP) is 7.15. The molecule has 0 radical (unpaired) electrons. The van der Waals surface area contributed by atoms with Gasteiger partial charge in [-0.1, -0.05) is 98.4 Å². The molecule has 0 atom stereocenters. The first-order chi connectivity index (χ1) is 15.3. The molecule has 0 bridgehead atoms. The van der Waals surface area contributed by atoms with E-state index in [-0.39, 0.29) is 0 Å². The van der Waals surface area contributed by atoms with E-state index in [9.17, 15) is 0 Å². The summed E-state index contributed by atoms with van der Waals surface area (Å²) in [5.74, 6) is 0.741. The Morgan fingerprint density at radius 3 is 2.16 bits per heavy atom. The molecule has 0 aliphatic rings. The van der Waals surface area contributed by atoms with Gasteiger partial charge in [0.2, 0.25) is 5.90 Å². The number of hydrogen-bond acceptors (Lipinski definition) is 3. The van der Waals surface area contributed by atoms with E-state index in [2.05, 4.69) is 78.7 Å². The van der Waals surface area contributed by atoms with Crippen LogP contribution in [0.3, 0.4) is 0 Å². The minimum atomic E-state index is 0.640. The summed E-state index contributed by atoms with van der Waals surface area (Å²) in [6.45, 7) is 2.95. The van der Waals surface area contributed by atoms with Crippen LogP contribution in [0.2, 0.25) is 0 Å². The lowest BCUT2D eigenvalue weighted by Crippen LogP contribution is -2.20. The van der Waals surface area contributed by atoms with Gasteiger partial charge in [-0.2, -0.15) is 4.73 Å². The van der Waals surface area contributed by atoms with Crippen molar-refractivity contribution in [2.45, 2.75) is 39.0 Å². The van der Waals surface area contributed by atoms with Crippen LogP contribution in [0.25, 0.3) is 5.57 Å². The van der Waals surface area contributed by atoms with Crippen molar-refractivity contribution >= 4 is 23.7 Å². The van der Waals surface area contributed by atoms with Crippen LogP contribution in [-0.4, -0.2) is 17.2 Å². The van der Waals surface area contributed by atoms with Crippen LogP contribution < -0.4 is 4.84 Å². The van der Waals surface area contributed by atoms with E-state index < -0.39 is 0 Å². The molecule has 1 aromatic heterocycles. The Balaban J connectivity index is 1.70. The first-order valence-electron chi connectivity index (χ1n) is 11.0. The van der Waals surface area contributed by atoms with Crippen molar-refractivity contribution in [1.82, 2.24) is 4.73 Å². The second kappa shape index (κ2) is 12.7. The quantitative estimate of drug-likeness (QED) is 0.148. The van der Waals surface area contributed by atoms with Gasteiger partial charge in [0.1, 0.15) is 4.64 Å². The number of pyridine rings is 1. The lowest BCUT2D eigenvalue weighted by atomic mass is 9.96. The number of hydrogen-bond donors (Lipinski definition) is 0. The predicted molar refractivity (Wildman–Crippen MR) is 133 cm³/mol. The zero-order valence-corrected chi connectivity index (χ0v) is 18.9. The van der Waals surface area contributed by atoms with Crippen LogP contribution in [0.1, 0.15) is 50.2 Å². The van der Waals surface area contributed by atoms with Crippen molar-refractivity contribution in [3.63, 3.8) is 0 Å². The molecular formula is C27H30N2OS. The maximum Gasteiger partial charge on any atom is 0.218 e. The summed E-state index contributed by atoms with van der Waals surface area (Å²) in [4.78, 5) is 10.7. The minimum absolute atomic E-state index is 0.640. The van der Waals surface area contributed by atoms with Gasteiger partial charge in [0.25, 0.3) is 0 Å². The number of aromatic nitrogens is 1. The van der Waals surface area contributed by atoms with Crippen molar-refractivity contribution in [1.29, 1.82) is 0 Å². The molecule has 3 rings (SSSR count). The maximum atomic E-state index is 6.01. The molecular weight excluding hydrogens is 400 g/mol. The van der Waals surface area contributed by atoms with Crippen molar-refractivity contribution in [2.75, 3.05) is 6.54 Å². The second-order valence-electron chi connectivity index (χ2n) is 7.33. The molecule has 160 valence electrons. The lowest BCUT2D eigenvalue weighted by molar-refractivity contribution is 0.246. The number of nitrogens with zero attached hydrogens (tertiary/aromatic N) is 2. The molecule has 0 saturated heterocycles. The molecule has 0 fully saturated rings. The SMILES string of the molecule is CCCCN=C(CCCC=C(c1ccccc1)c1ccccc1)On1ccccc1=S. The first-order valence-corrected chi connectivity index (χ1v) is 11.4. The monoisotopic (exact) mass is 430 g/mol. The minimum Gasteiger partial charge on any atom is -0.359 e. The third kappa shape index (κ3) is 7.34. The van der Waals surface area contributed by atoms with Crippen molar-refractivity contribution in [3.8, 4) is 0 Å². The maximum absolute atomic E-state index is 6.01. The lowest BCUT2D eigenvalue weighted by Gasteiger charge is -2.12. The zero-order valence-electron chi connectivity index (χ0n) is 18.1. The third-order valence-corrected chi connectivity index (χ3v) is 5.22. The molecule has 0 N–H and O–H groups in total. The highest BCUT2D eigenvalue weighted by Crippen LogP contribution is 2.24. The largest absolute Gasteiger partial charge is 0.359 e. The molecule has 31 heavy (non-hydrogen) atoms. The topological polar surface area (TPSA) is 26.5 Å². The fourth-order valence-electron chi connectivity index (χ4n) is 3.25. The molecule has 0 aliphatic carbocycles. The summed E-state index contributed by atoms with van der Waals surface area (Å²) in [6.07, 6.45) is 8.99. The van der Waals surface area contributed by atoms with Crippen LogP contribution >= 0.6 is 12.2 Å². The van der Waals surface area contributed by atoms with Gasteiger partial charge in [-0.05, 0) is 48.1 Å². The highest BCUT2D eigenvalue weighted by atomic mass is 32.1. The van der Waals surface area contributed by atoms with Gasteiger partial charge in [0.05, 0.1) is 0 Å². The normalized spacial score (nSPS) is 11.2. The number of unbranched alkanes of at least 4 members (excludes halogenated alkanes) is 2. The van der Waals surface area contributed by atoms with E-state index in [1.54, 1.807) is 4.73 Å². The summed E-state index contributed by atoms with van der Waals surface area (Å²) in [7, 11) is 0. The fraction of sp³-hybridized carbons (Fsp3) is 0.259. The molecule has 0 unspecified atom stereocenters. The van der Waals surface area contributed by atoms with Gasteiger partial charge in [0, 0.05) is 19.2 Å². The second-order valence-corrected chi connectivity index (χ2v) is 7.75. The highest BCUT2D eigenvalue weighted by molar-refractivity contribution is 7.71. The van der Waals surface area contributed by atoms with E-state index in [0.29, 0.717) is 4.64 Å². The Bertz CT molecular complexity index is 998. The van der Waals surface area contributed by atoms with Crippen LogP contribution in [0, 0.1) is 4.64 Å². The van der Waals surface area contributed by atoms with Crippen molar-refractivity contribution in [3.05, 3.63) is 107 Å². The van der Waals surface area contributed by atoms with Gasteiger partial charge in [-0.15, -0.1) is 0 Å². The molecule has 0 amide bonds. The third-order valence-electron chi connectivity index (χ3n) is 4.90. The average Bonchev–Trinajstić information content (AvgIpc) is 2.81. The zero-order chi connectivity index (χ0) is 21.7. The van der Waals surface area contributed by atoms with Crippen LogP contribution in [0.15, 0.2) is 96.1 Å². The van der Waals surface area contributed by atoms with Crippen LogP contribution in [0.4, 0.5) is 0 Å². The molecule has 3 aromatic rings. The summed E-state index contributed by atoms with van der Waals surface area (Å²) in [6, 6.07) is 26.8. The number of rotatable bonds is 10. The summed E-state index contributed by atoms with van der Waals surface area (Å²) >= 11 is 5.36. The molecule has 0 saturated carbocycles. The molecule has 0 aliphatic heterocycles. The van der Waals surface area contributed by atoms with Crippen LogP contribution in [0.5, 0.6) is 0 Å². The Hall–Kier alpha value is -2.98. The average molecular weight is 431 g/mol. The Morgan fingerprint density at radius 2 is 1.55 bits per heavy atom. The van der Waals surface area contributed by atoms with Crippen molar-refractivity contribution in [2.24, 2.45) is 4.99 Å². The van der Waals surface area contributed by atoms with Gasteiger partial charge in [-0.3, -0.25) is 4.99 Å². The standard InChI is InChI=1S/C27H30N2OS/c1-2-3-21-28-26(30-29-22-13-12-20-27(29)31)19-11-10-18-25(23-14-6-4-7-15-23)24-16-8-5-9-17-24/h4-9,12-18,20,22H,2-3,10-11,19,21H2,1H3. The molecule has 3 nitrogen and oxygen atoms in total. The van der Waals surface area contributed by atoms with Crippen molar-refractivity contribution < 1.29 is 4.84 Å². The molecule has 4 heteroatoms. The molecule has 1 heterocycles. The van der Waals surface area contributed by atoms with E-state index in [1.165, 1.54) is 16.7 Å². The van der Waals surface area contributed by atoms with Gasteiger partial charge in [-0.25, -0.2) is 0 Å². The summed E-state index contributed by atoms with van der Waals surface area (Å²) < 4.78 is 2.26. The Labute approximate surface area is 190 Å². The van der Waals surface area contributed by atoms with Gasteiger partial charge >= 0.3 is 0 Å². The number of benzene rings is 2. The smallest absolute Gasteiger partial charge is 0.218 e. The van der Waals surface area contributed by atoms with Gasteiger partial charge < -0.3 is 4.84 Å². The highest BCUT2D eigenvalue weighted by Gasteiger charge is 2.06. The Kier molecular flexibility index (Phi) is 9.27. The molecule has 0 spiro atoms. The summed E-state index contributed by atoms with van der Waals surface area (Å²) in [5.41, 5.74) is 3.73. The first kappa shape index (κ1) is 22.7. The van der Waals surface area contributed by atoms with Gasteiger partial charge in [0.15, 0.2) is 0 Å². The summed E-state index contributed by atoms with van der Waals surface area (Å²) in [5, 5.41) is 0. The number of allylic oxidation sites excluding steroid dienone is 1. The molecule has 2 aromatic carbocycles. The van der Waals surface area contributed by atoms with E-state index in [1.807, 2.05) is 24.4 Å². The fourth-order valence-corrected chi connectivity index (χ4v) is 3.43.